The number of hydrogen-bond donors (Lipinski definition) is 2. The van der Waals surface area contributed by atoms with Gasteiger partial charge in [-0.2, -0.15) is 0 Å². The third-order valence-electron chi connectivity index (χ3n) is 3.88. The second-order valence-electron chi connectivity index (χ2n) is 6.16. The van der Waals surface area contributed by atoms with Gasteiger partial charge in [0.1, 0.15) is 5.82 Å². The first-order valence-electron chi connectivity index (χ1n) is 6.61. The zero-order valence-electron chi connectivity index (χ0n) is 11.8. The van der Waals surface area contributed by atoms with Gasteiger partial charge in [0.15, 0.2) is 5.84 Å². The molecule has 1 fully saturated rings. The first kappa shape index (κ1) is 13.6. The van der Waals surface area contributed by atoms with E-state index in [9.17, 15) is 0 Å². The number of nitrogens with zero attached hydrogens (tertiary/aromatic N) is 3. The molecule has 5 nitrogen and oxygen atoms in total. The molecule has 1 saturated heterocycles. The Labute approximate surface area is 114 Å². The van der Waals surface area contributed by atoms with Crippen LogP contribution in [-0.2, 0) is 0 Å². The van der Waals surface area contributed by atoms with E-state index in [0.717, 1.165) is 25.3 Å². The van der Waals surface area contributed by atoms with E-state index in [1.54, 1.807) is 12.3 Å². The Morgan fingerprint density at radius 3 is 2.84 bits per heavy atom. The molecule has 0 spiro atoms. The van der Waals surface area contributed by atoms with E-state index in [2.05, 4.69) is 35.8 Å². The maximum atomic E-state index is 8.85. The van der Waals surface area contributed by atoms with E-state index in [1.165, 1.54) is 0 Å². The molecule has 0 aromatic carbocycles. The number of rotatable bonds is 2. The summed E-state index contributed by atoms with van der Waals surface area (Å²) in [7, 11) is 0. The average Bonchev–Trinajstić information content (AvgIpc) is 2.87. The molecule has 2 rings (SSSR count). The summed E-state index contributed by atoms with van der Waals surface area (Å²) in [5.74, 6) is 1.56. The fraction of sp³-hybridized carbons (Fsp3) is 0.571. The number of anilines is 1. The molecule has 0 aliphatic carbocycles. The molecule has 1 atom stereocenters. The lowest BCUT2D eigenvalue weighted by Crippen LogP contribution is -2.28. The summed E-state index contributed by atoms with van der Waals surface area (Å²) in [5.41, 5.74) is 6.70. The van der Waals surface area contributed by atoms with Crippen LogP contribution in [0.1, 0.15) is 32.8 Å². The van der Waals surface area contributed by atoms with Crippen molar-refractivity contribution in [1.29, 1.82) is 0 Å². The lowest BCUT2D eigenvalue weighted by Gasteiger charge is -2.27. The number of oxime groups is 1. The average molecular weight is 262 g/mol. The SMILES string of the molecule is CC(C)(C)C1CCN(c2ncccc2/C(N)=N/O)C1. The van der Waals surface area contributed by atoms with Crippen LogP contribution in [0, 0.1) is 11.3 Å². The molecule has 0 amide bonds. The smallest absolute Gasteiger partial charge is 0.173 e. The van der Waals surface area contributed by atoms with Crippen LogP contribution in [0.5, 0.6) is 0 Å². The van der Waals surface area contributed by atoms with E-state index < -0.39 is 0 Å². The maximum absolute atomic E-state index is 8.85. The summed E-state index contributed by atoms with van der Waals surface area (Å²) in [6.45, 7) is 8.73. The first-order valence-corrected chi connectivity index (χ1v) is 6.61. The predicted molar refractivity (Wildman–Crippen MR) is 76.5 cm³/mol. The van der Waals surface area contributed by atoms with Crippen molar-refractivity contribution in [3.8, 4) is 0 Å². The number of hydrogen-bond acceptors (Lipinski definition) is 4. The molecular formula is C14H22N4O. The van der Waals surface area contributed by atoms with Crippen LogP contribution in [0.3, 0.4) is 0 Å². The molecule has 104 valence electrons. The Hall–Kier alpha value is -1.78. The second kappa shape index (κ2) is 5.07. The Morgan fingerprint density at radius 1 is 1.53 bits per heavy atom. The van der Waals surface area contributed by atoms with Crippen molar-refractivity contribution >= 4 is 11.7 Å². The van der Waals surface area contributed by atoms with Crippen molar-refractivity contribution in [2.45, 2.75) is 27.2 Å². The zero-order valence-corrected chi connectivity index (χ0v) is 11.8. The number of nitrogens with two attached hydrogens (primary N) is 1. The molecule has 19 heavy (non-hydrogen) atoms. The Morgan fingerprint density at radius 2 is 2.26 bits per heavy atom. The molecular weight excluding hydrogens is 240 g/mol. The Bertz CT molecular complexity index is 479. The van der Waals surface area contributed by atoms with Crippen molar-refractivity contribution in [2.24, 2.45) is 22.2 Å². The standard InChI is InChI=1S/C14H22N4O/c1-14(2,3)10-6-8-18(9-10)13-11(12(15)17-19)5-4-7-16-13/h4-5,7,10,19H,6,8-9H2,1-3H3,(H2,15,17). The van der Waals surface area contributed by atoms with Gasteiger partial charge in [-0.25, -0.2) is 4.98 Å². The van der Waals surface area contributed by atoms with Gasteiger partial charge in [-0.05, 0) is 29.9 Å². The van der Waals surface area contributed by atoms with Crippen LogP contribution in [0.2, 0.25) is 0 Å². The summed E-state index contributed by atoms with van der Waals surface area (Å²) in [5, 5.41) is 11.9. The minimum atomic E-state index is 0.113. The van der Waals surface area contributed by atoms with E-state index in [0.29, 0.717) is 16.9 Å². The normalized spacial score (nSPS) is 20.9. The van der Waals surface area contributed by atoms with Crippen LogP contribution >= 0.6 is 0 Å². The van der Waals surface area contributed by atoms with E-state index in [4.69, 9.17) is 10.9 Å². The van der Waals surface area contributed by atoms with Gasteiger partial charge < -0.3 is 15.8 Å². The van der Waals surface area contributed by atoms with Crippen molar-refractivity contribution in [2.75, 3.05) is 18.0 Å². The van der Waals surface area contributed by atoms with Crippen LogP contribution < -0.4 is 10.6 Å². The van der Waals surface area contributed by atoms with Gasteiger partial charge in [0, 0.05) is 19.3 Å². The van der Waals surface area contributed by atoms with Crippen LogP contribution in [0.25, 0.3) is 0 Å². The van der Waals surface area contributed by atoms with Crippen LogP contribution in [0.15, 0.2) is 23.5 Å². The molecule has 1 aliphatic rings. The maximum Gasteiger partial charge on any atom is 0.173 e. The highest BCUT2D eigenvalue weighted by Crippen LogP contribution is 2.35. The summed E-state index contributed by atoms with van der Waals surface area (Å²) >= 11 is 0. The molecule has 0 radical (unpaired) electrons. The highest BCUT2D eigenvalue weighted by molar-refractivity contribution is 6.01. The van der Waals surface area contributed by atoms with Gasteiger partial charge in [0.2, 0.25) is 0 Å². The molecule has 1 aliphatic heterocycles. The zero-order chi connectivity index (χ0) is 14.0. The lowest BCUT2D eigenvalue weighted by molar-refractivity contribution is 0.263. The van der Waals surface area contributed by atoms with Crippen molar-refractivity contribution < 1.29 is 5.21 Å². The van der Waals surface area contributed by atoms with E-state index in [-0.39, 0.29) is 5.84 Å². The molecule has 1 unspecified atom stereocenters. The van der Waals surface area contributed by atoms with Crippen LogP contribution in [0.4, 0.5) is 5.82 Å². The number of aromatic nitrogens is 1. The first-order chi connectivity index (χ1) is 8.93. The number of pyridine rings is 1. The monoisotopic (exact) mass is 262 g/mol. The van der Waals surface area contributed by atoms with Gasteiger partial charge in [-0.3, -0.25) is 0 Å². The van der Waals surface area contributed by atoms with Crippen LogP contribution in [-0.4, -0.2) is 29.1 Å². The highest BCUT2D eigenvalue weighted by atomic mass is 16.4. The summed E-state index contributed by atoms with van der Waals surface area (Å²) in [6, 6.07) is 3.63. The lowest BCUT2D eigenvalue weighted by atomic mass is 9.80. The second-order valence-corrected chi connectivity index (χ2v) is 6.16. The summed E-state index contributed by atoms with van der Waals surface area (Å²) in [6.07, 6.45) is 2.89. The van der Waals surface area contributed by atoms with E-state index in [1.807, 2.05) is 6.07 Å². The number of amidine groups is 1. The molecule has 3 N–H and O–H groups in total. The van der Waals surface area contributed by atoms with Gasteiger partial charge in [-0.15, -0.1) is 0 Å². The Kier molecular flexibility index (Phi) is 3.64. The summed E-state index contributed by atoms with van der Waals surface area (Å²) in [4.78, 5) is 6.63. The van der Waals surface area contributed by atoms with Gasteiger partial charge in [-0.1, -0.05) is 25.9 Å². The van der Waals surface area contributed by atoms with Crippen molar-refractivity contribution in [3.63, 3.8) is 0 Å². The topological polar surface area (TPSA) is 74.7 Å². The molecule has 1 aromatic heterocycles. The minimum absolute atomic E-state index is 0.113. The largest absolute Gasteiger partial charge is 0.409 e. The fourth-order valence-electron chi connectivity index (χ4n) is 2.56. The molecule has 2 heterocycles. The summed E-state index contributed by atoms with van der Waals surface area (Å²) < 4.78 is 0. The molecule has 5 heteroatoms. The third kappa shape index (κ3) is 2.80. The van der Waals surface area contributed by atoms with Gasteiger partial charge in [0.25, 0.3) is 0 Å². The fourth-order valence-corrected chi connectivity index (χ4v) is 2.56. The van der Waals surface area contributed by atoms with Gasteiger partial charge >= 0.3 is 0 Å². The van der Waals surface area contributed by atoms with Crippen molar-refractivity contribution in [1.82, 2.24) is 4.98 Å². The molecule has 0 saturated carbocycles. The quantitative estimate of drug-likeness (QED) is 0.370. The highest BCUT2D eigenvalue weighted by Gasteiger charge is 2.33. The minimum Gasteiger partial charge on any atom is -0.409 e. The third-order valence-corrected chi connectivity index (χ3v) is 3.88. The molecule has 1 aromatic rings. The van der Waals surface area contributed by atoms with E-state index >= 15 is 0 Å². The Balaban J connectivity index is 2.25. The van der Waals surface area contributed by atoms with Gasteiger partial charge in [0.05, 0.1) is 5.56 Å². The molecule has 0 bridgehead atoms. The van der Waals surface area contributed by atoms with Crippen molar-refractivity contribution in [3.05, 3.63) is 23.9 Å². The predicted octanol–water partition coefficient (Wildman–Crippen LogP) is 2.05.